The number of benzene rings is 2. The zero-order chi connectivity index (χ0) is 16.7. The first-order chi connectivity index (χ1) is 11.7. The van der Waals surface area contributed by atoms with E-state index in [4.69, 9.17) is 0 Å². The fourth-order valence-corrected chi connectivity index (χ4v) is 2.98. The largest absolute Gasteiger partial charge is 0.508 e. The molecule has 1 N–H and O–H groups in total. The number of para-hydroxylation sites is 1. The molecule has 0 aliphatic carbocycles. The van der Waals surface area contributed by atoms with E-state index >= 15 is 0 Å². The predicted molar refractivity (Wildman–Crippen MR) is 88.9 cm³/mol. The van der Waals surface area contributed by atoms with Gasteiger partial charge in [0, 0.05) is 23.8 Å². The summed E-state index contributed by atoms with van der Waals surface area (Å²) in [6, 6.07) is 17.3. The van der Waals surface area contributed by atoms with E-state index in [1.165, 1.54) is 12.1 Å². The van der Waals surface area contributed by atoms with Crippen molar-refractivity contribution in [1.29, 1.82) is 5.26 Å². The zero-order valence-electron chi connectivity index (χ0n) is 12.5. The summed E-state index contributed by atoms with van der Waals surface area (Å²) >= 11 is 0. The molecule has 0 aliphatic heterocycles. The third-order valence-electron chi connectivity index (χ3n) is 3.98. The topological polar surface area (TPSA) is 53.9 Å². The van der Waals surface area contributed by atoms with Gasteiger partial charge >= 0.3 is 0 Å². The molecule has 0 fully saturated rings. The fourth-order valence-electron chi connectivity index (χ4n) is 2.98. The monoisotopic (exact) mass is 317 g/mol. The standard InChI is InChI=1S/C19H12FN3O/c20-16-11-13(24)7-8-18(16)23-17-6-2-1-5-14(17)15(12-21)19(23)22-9-3-4-10-22/h1-11,24H. The molecule has 4 aromatic rings. The number of rotatable bonds is 2. The molecular formula is C19H12FN3O. The van der Waals surface area contributed by atoms with Crippen LogP contribution in [0.1, 0.15) is 5.56 Å². The minimum absolute atomic E-state index is 0.143. The van der Waals surface area contributed by atoms with E-state index in [1.807, 2.05) is 48.8 Å². The quantitative estimate of drug-likeness (QED) is 0.604. The average molecular weight is 317 g/mol. The van der Waals surface area contributed by atoms with Crippen molar-refractivity contribution in [2.45, 2.75) is 0 Å². The summed E-state index contributed by atoms with van der Waals surface area (Å²) in [5.41, 5.74) is 1.46. The van der Waals surface area contributed by atoms with E-state index in [-0.39, 0.29) is 11.4 Å². The van der Waals surface area contributed by atoms with Gasteiger partial charge in [-0.1, -0.05) is 18.2 Å². The molecule has 0 saturated heterocycles. The Morgan fingerprint density at radius 3 is 2.46 bits per heavy atom. The second kappa shape index (κ2) is 5.28. The van der Waals surface area contributed by atoms with Crippen LogP contribution in [0.25, 0.3) is 22.4 Å². The van der Waals surface area contributed by atoms with Crippen LogP contribution in [0.15, 0.2) is 67.0 Å². The number of hydrogen-bond acceptors (Lipinski definition) is 2. The second-order valence-corrected chi connectivity index (χ2v) is 5.39. The van der Waals surface area contributed by atoms with Gasteiger partial charge in [-0.15, -0.1) is 0 Å². The van der Waals surface area contributed by atoms with Gasteiger partial charge in [0.25, 0.3) is 0 Å². The van der Waals surface area contributed by atoms with Crippen LogP contribution in [0.4, 0.5) is 4.39 Å². The maximum Gasteiger partial charge on any atom is 0.150 e. The normalized spacial score (nSPS) is 10.8. The number of nitrogens with zero attached hydrogens (tertiary/aromatic N) is 3. The average Bonchev–Trinajstić information content (AvgIpc) is 3.20. The van der Waals surface area contributed by atoms with E-state index in [0.29, 0.717) is 11.4 Å². The van der Waals surface area contributed by atoms with Gasteiger partial charge in [-0.05, 0) is 30.3 Å². The Balaban J connectivity index is 2.18. The molecule has 0 spiro atoms. The summed E-state index contributed by atoms with van der Waals surface area (Å²) in [6.45, 7) is 0. The van der Waals surface area contributed by atoms with Crippen LogP contribution in [0.3, 0.4) is 0 Å². The minimum Gasteiger partial charge on any atom is -0.508 e. The second-order valence-electron chi connectivity index (χ2n) is 5.39. The van der Waals surface area contributed by atoms with Crippen molar-refractivity contribution in [3.05, 3.63) is 78.4 Å². The molecule has 0 bridgehead atoms. The minimum atomic E-state index is -0.561. The van der Waals surface area contributed by atoms with Crippen molar-refractivity contribution in [2.24, 2.45) is 0 Å². The first-order valence-electron chi connectivity index (χ1n) is 7.36. The summed E-state index contributed by atoms with van der Waals surface area (Å²) in [4.78, 5) is 0. The molecular weight excluding hydrogens is 305 g/mol. The lowest BCUT2D eigenvalue weighted by molar-refractivity contribution is 0.468. The highest BCUT2D eigenvalue weighted by molar-refractivity contribution is 5.92. The van der Waals surface area contributed by atoms with Crippen LogP contribution in [0, 0.1) is 17.1 Å². The predicted octanol–water partition coefficient (Wildman–Crippen LogP) is 4.14. The van der Waals surface area contributed by atoms with Crippen molar-refractivity contribution in [3.8, 4) is 23.3 Å². The maximum atomic E-state index is 14.5. The van der Waals surface area contributed by atoms with Gasteiger partial charge in [0.1, 0.15) is 23.2 Å². The van der Waals surface area contributed by atoms with Crippen LogP contribution in [0.2, 0.25) is 0 Å². The summed E-state index contributed by atoms with van der Waals surface area (Å²) in [7, 11) is 0. The van der Waals surface area contributed by atoms with E-state index < -0.39 is 5.82 Å². The number of phenols is 1. The molecule has 2 heterocycles. The number of phenolic OH excluding ortho intramolecular Hbond substituents is 1. The van der Waals surface area contributed by atoms with Gasteiger partial charge in [-0.25, -0.2) is 4.39 Å². The van der Waals surface area contributed by atoms with Crippen LogP contribution >= 0.6 is 0 Å². The maximum absolute atomic E-state index is 14.5. The van der Waals surface area contributed by atoms with Crippen molar-refractivity contribution >= 4 is 10.9 Å². The Kier molecular flexibility index (Phi) is 3.10. The Hall–Kier alpha value is -3.52. The molecule has 24 heavy (non-hydrogen) atoms. The van der Waals surface area contributed by atoms with Crippen LogP contribution < -0.4 is 0 Å². The van der Waals surface area contributed by atoms with Crippen molar-refractivity contribution in [1.82, 2.24) is 9.13 Å². The van der Waals surface area contributed by atoms with E-state index in [2.05, 4.69) is 6.07 Å². The highest BCUT2D eigenvalue weighted by Crippen LogP contribution is 2.33. The van der Waals surface area contributed by atoms with Gasteiger partial charge in [0.2, 0.25) is 0 Å². The molecule has 2 aromatic heterocycles. The van der Waals surface area contributed by atoms with Gasteiger partial charge < -0.3 is 9.67 Å². The lowest BCUT2D eigenvalue weighted by atomic mass is 10.2. The summed E-state index contributed by atoms with van der Waals surface area (Å²) in [5.74, 6) is -0.141. The number of aromatic nitrogens is 2. The van der Waals surface area contributed by atoms with Gasteiger partial charge in [0.05, 0.1) is 11.2 Å². The van der Waals surface area contributed by atoms with Crippen molar-refractivity contribution < 1.29 is 9.50 Å². The number of fused-ring (bicyclic) bond motifs is 1. The molecule has 0 aliphatic rings. The van der Waals surface area contributed by atoms with Gasteiger partial charge in [0.15, 0.2) is 5.82 Å². The summed E-state index contributed by atoms with van der Waals surface area (Å²) in [6.07, 6.45) is 3.62. The smallest absolute Gasteiger partial charge is 0.150 e. The third-order valence-corrected chi connectivity index (χ3v) is 3.98. The lowest BCUT2D eigenvalue weighted by Gasteiger charge is -2.13. The van der Waals surface area contributed by atoms with Crippen LogP contribution in [-0.2, 0) is 0 Å². The van der Waals surface area contributed by atoms with Gasteiger partial charge in [-0.3, -0.25) is 4.57 Å². The zero-order valence-corrected chi connectivity index (χ0v) is 12.5. The fraction of sp³-hybridized carbons (Fsp3) is 0. The molecule has 4 nitrogen and oxygen atoms in total. The Bertz CT molecular complexity index is 1090. The molecule has 0 unspecified atom stereocenters. The number of halogens is 1. The molecule has 0 saturated carbocycles. The third kappa shape index (κ3) is 1.97. The summed E-state index contributed by atoms with van der Waals surface area (Å²) < 4.78 is 18.0. The molecule has 2 aromatic carbocycles. The van der Waals surface area contributed by atoms with Crippen molar-refractivity contribution in [2.75, 3.05) is 0 Å². The highest BCUT2D eigenvalue weighted by atomic mass is 19.1. The SMILES string of the molecule is N#Cc1c(-n2cccc2)n(-c2ccc(O)cc2F)c2ccccc12. The van der Waals surface area contributed by atoms with E-state index in [0.717, 1.165) is 17.0 Å². The van der Waals surface area contributed by atoms with Crippen LogP contribution in [0.5, 0.6) is 5.75 Å². The van der Waals surface area contributed by atoms with Crippen molar-refractivity contribution in [3.63, 3.8) is 0 Å². The van der Waals surface area contributed by atoms with E-state index in [9.17, 15) is 14.8 Å². The molecule has 0 radical (unpaired) electrons. The number of nitriles is 1. The summed E-state index contributed by atoms with van der Waals surface area (Å²) in [5, 5.41) is 19.9. The highest BCUT2D eigenvalue weighted by Gasteiger charge is 2.21. The molecule has 4 rings (SSSR count). The van der Waals surface area contributed by atoms with Gasteiger partial charge in [-0.2, -0.15) is 5.26 Å². The molecule has 116 valence electrons. The van der Waals surface area contributed by atoms with Crippen LogP contribution in [-0.4, -0.2) is 14.2 Å². The first kappa shape index (κ1) is 14.1. The Labute approximate surface area is 137 Å². The number of hydrogen-bond donors (Lipinski definition) is 1. The molecule has 0 atom stereocenters. The Morgan fingerprint density at radius 1 is 1.00 bits per heavy atom. The first-order valence-corrected chi connectivity index (χ1v) is 7.36. The lowest BCUT2D eigenvalue weighted by Crippen LogP contribution is -2.05. The Morgan fingerprint density at radius 2 is 1.75 bits per heavy atom. The van der Waals surface area contributed by atoms with E-state index in [1.54, 1.807) is 9.13 Å². The number of aromatic hydroxyl groups is 1. The molecule has 5 heteroatoms. The molecule has 0 amide bonds.